The fourth-order valence-electron chi connectivity index (χ4n) is 0.776. The summed E-state index contributed by atoms with van der Waals surface area (Å²) < 4.78 is 0. The van der Waals surface area contributed by atoms with Gasteiger partial charge in [-0.15, -0.1) is 0 Å². The van der Waals surface area contributed by atoms with E-state index in [-0.39, 0.29) is 12.5 Å². The van der Waals surface area contributed by atoms with Gasteiger partial charge in [0, 0.05) is 7.05 Å². The number of aromatic nitrogens is 3. The third-order valence-corrected chi connectivity index (χ3v) is 1.45. The van der Waals surface area contributed by atoms with E-state index in [0.29, 0.717) is 12.4 Å². The van der Waals surface area contributed by atoms with E-state index in [0.717, 1.165) is 0 Å². The number of carbonyl (C=O) groups excluding carboxylic acids is 1. The Hall–Kier alpha value is -1.43. The van der Waals surface area contributed by atoms with Gasteiger partial charge in [0.05, 0.1) is 13.1 Å². The van der Waals surface area contributed by atoms with Crippen molar-refractivity contribution in [3.05, 3.63) is 12.2 Å². The molecular weight excluding hydrogens is 158 g/mol. The van der Waals surface area contributed by atoms with Gasteiger partial charge in [-0.05, 0) is 0 Å². The van der Waals surface area contributed by atoms with Crippen molar-refractivity contribution in [1.29, 1.82) is 0 Å². The summed E-state index contributed by atoms with van der Waals surface area (Å²) in [5.74, 6) is 0.533. The van der Waals surface area contributed by atoms with Gasteiger partial charge in [-0.2, -0.15) is 5.10 Å². The molecule has 1 heterocycles. The largest absolute Gasteiger partial charge is 0.337 e. The van der Waals surface area contributed by atoms with Crippen molar-refractivity contribution in [3.8, 4) is 0 Å². The van der Waals surface area contributed by atoms with E-state index < -0.39 is 0 Å². The lowest BCUT2D eigenvalue weighted by Crippen LogP contribution is -2.32. The molecule has 0 saturated carbocycles. The van der Waals surface area contributed by atoms with Gasteiger partial charge in [-0.1, -0.05) is 0 Å². The second kappa shape index (κ2) is 3.82. The summed E-state index contributed by atoms with van der Waals surface area (Å²) in [6.45, 7) is 0.431. The molecule has 0 bridgehead atoms. The molecule has 1 amide bonds. The van der Waals surface area contributed by atoms with E-state index in [1.807, 2.05) is 0 Å². The lowest BCUT2D eigenvalue weighted by molar-refractivity contribution is -0.128. The molecule has 1 rings (SSSR count). The third kappa shape index (κ3) is 2.03. The van der Waals surface area contributed by atoms with Crippen LogP contribution in [0.2, 0.25) is 0 Å². The highest BCUT2D eigenvalue weighted by molar-refractivity contribution is 5.77. The molecule has 3 N–H and O–H groups in total. The first kappa shape index (κ1) is 8.66. The number of rotatable bonds is 3. The number of nitrogens with one attached hydrogen (secondary N) is 1. The van der Waals surface area contributed by atoms with Gasteiger partial charge in [0.2, 0.25) is 5.91 Å². The molecule has 1 aromatic heterocycles. The van der Waals surface area contributed by atoms with Crippen LogP contribution in [0.4, 0.5) is 0 Å². The lowest BCUT2D eigenvalue weighted by atomic mass is 10.5. The van der Waals surface area contributed by atoms with Crippen LogP contribution < -0.4 is 5.73 Å². The highest BCUT2D eigenvalue weighted by atomic mass is 16.2. The van der Waals surface area contributed by atoms with E-state index >= 15 is 0 Å². The average molecular weight is 169 g/mol. The van der Waals surface area contributed by atoms with Crippen molar-refractivity contribution in [1.82, 2.24) is 20.1 Å². The van der Waals surface area contributed by atoms with Crippen LogP contribution in [0.25, 0.3) is 0 Å². The zero-order chi connectivity index (χ0) is 8.97. The number of aromatic amines is 1. The number of nitrogens with two attached hydrogens (primary N) is 1. The number of nitrogens with zero attached hydrogens (tertiary/aromatic N) is 3. The molecule has 12 heavy (non-hydrogen) atoms. The molecular formula is C6H11N5O. The molecule has 0 aliphatic rings. The average Bonchev–Trinajstić information content (AvgIpc) is 2.55. The minimum Gasteiger partial charge on any atom is -0.337 e. The normalized spacial score (nSPS) is 9.83. The number of likely N-dealkylation sites (N-methyl/N-ethyl adjacent to an activating group) is 1. The number of amides is 1. The van der Waals surface area contributed by atoms with Gasteiger partial charge in [0.15, 0.2) is 0 Å². The van der Waals surface area contributed by atoms with E-state index in [1.165, 1.54) is 11.2 Å². The molecule has 0 aliphatic carbocycles. The van der Waals surface area contributed by atoms with Crippen molar-refractivity contribution < 1.29 is 4.79 Å². The molecule has 0 atom stereocenters. The third-order valence-electron chi connectivity index (χ3n) is 1.45. The van der Waals surface area contributed by atoms with E-state index in [2.05, 4.69) is 15.2 Å². The van der Waals surface area contributed by atoms with Crippen LogP contribution in [0.1, 0.15) is 5.82 Å². The molecule has 0 unspecified atom stereocenters. The number of hydrogen-bond donors (Lipinski definition) is 2. The first-order chi connectivity index (χ1) is 5.74. The van der Waals surface area contributed by atoms with Gasteiger partial charge >= 0.3 is 0 Å². The zero-order valence-electron chi connectivity index (χ0n) is 6.82. The van der Waals surface area contributed by atoms with Crippen LogP contribution >= 0.6 is 0 Å². The van der Waals surface area contributed by atoms with Crippen LogP contribution in [0.3, 0.4) is 0 Å². The van der Waals surface area contributed by atoms with Crippen LogP contribution in [-0.2, 0) is 11.3 Å². The van der Waals surface area contributed by atoms with Crippen molar-refractivity contribution in [2.75, 3.05) is 13.6 Å². The summed E-state index contributed by atoms with van der Waals surface area (Å²) in [5.41, 5.74) is 5.16. The summed E-state index contributed by atoms with van der Waals surface area (Å²) in [6, 6.07) is 0. The first-order valence-corrected chi connectivity index (χ1v) is 3.52. The maximum absolute atomic E-state index is 11.0. The minimum absolute atomic E-state index is 0.0185. The molecule has 0 saturated heterocycles. The van der Waals surface area contributed by atoms with Gasteiger partial charge in [-0.3, -0.25) is 9.89 Å². The molecule has 6 nitrogen and oxygen atoms in total. The highest BCUT2D eigenvalue weighted by Gasteiger charge is 2.07. The Morgan fingerprint density at radius 1 is 1.83 bits per heavy atom. The van der Waals surface area contributed by atoms with Gasteiger partial charge < -0.3 is 10.6 Å². The van der Waals surface area contributed by atoms with Gasteiger partial charge in [0.25, 0.3) is 0 Å². The van der Waals surface area contributed by atoms with E-state index in [1.54, 1.807) is 7.05 Å². The highest BCUT2D eigenvalue weighted by Crippen LogP contribution is 1.92. The van der Waals surface area contributed by atoms with Crippen molar-refractivity contribution in [3.63, 3.8) is 0 Å². The molecule has 6 heteroatoms. The summed E-state index contributed by atoms with van der Waals surface area (Å²) >= 11 is 0. The Morgan fingerprint density at radius 3 is 3.08 bits per heavy atom. The number of hydrogen-bond acceptors (Lipinski definition) is 4. The second-order valence-corrected chi connectivity index (χ2v) is 2.39. The number of H-pyrrole nitrogens is 1. The Bertz CT molecular complexity index is 244. The second-order valence-electron chi connectivity index (χ2n) is 2.39. The lowest BCUT2D eigenvalue weighted by Gasteiger charge is -2.13. The summed E-state index contributed by atoms with van der Waals surface area (Å²) in [5, 5.41) is 6.31. The van der Waals surface area contributed by atoms with Crippen LogP contribution in [0, 0.1) is 0 Å². The Balaban J connectivity index is 2.47. The summed E-state index contributed by atoms with van der Waals surface area (Å²) in [6.07, 6.45) is 1.40. The topological polar surface area (TPSA) is 87.9 Å². The van der Waals surface area contributed by atoms with Crippen molar-refractivity contribution >= 4 is 5.91 Å². The maximum Gasteiger partial charge on any atom is 0.236 e. The predicted molar refractivity (Wildman–Crippen MR) is 41.9 cm³/mol. The predicted octanol–water partition coefficient (Wildman–Crippen LogP) is -1.28. The molecule has 0 radical (unpaired) electrons. The van der Waals surface area contributed by atoms with Crippen molar-refractivity contribution in [2.24, 2.45) is 5.73 Å². The van der Waals surface area contributed by atoms with Crippen LogP contribution in [0.5, 0.6) is 0 Å². The van der Waals surface area contributed by atoms with Crippen LogP contribution in [0.15, 0.2) is 6.33 Å². The fraction of sp³-hybridized carbons (Fsp3) is 0.500. The molecule has 1 aromatic rings. The summed E-state index contributed by atoms with van der Waals surface area (Å²) in [7, 11) is 1.66. The fourth-order valence-corrected chi connectivity index (χ4v) is 0.776. The van der Waals surface area contributed by atoms with Gasteiger partial charge in [0.1, 0.15) is 12.2 Å². The minimum atomic E-state index is -0.119. The monoisotopic (exact) mass is 169 g/mol. The Morgan fingerprint density at radius 2 is 2.58 bits per heavy atom. The Kier molecular flexibility index (Phi) is 2.76. The molecule has 0 fully saturated rings. The smallest absolute Gasteiger partial charge is 0.236 e. The maximum atomic E-state index is 11.0. The SMILES string of the molecule is CN(Cc1ncn[nH]1)C(=O)CN. The molecule has 0 spiro atoms. The summed E-state index contributed by atoms with van der Waals surface area (Å²) in [4.78, 5) is 16.3. The van der Waals surface area contributed by atoms with E-state index in [9.17, 15) is 4.79 Å². The van der Waals surface area contributed by atoms with E-state index in [4.69, 9.17) is 5.73 Å². The molecule has 0 aromatic carbocycles. The zero-order valence-corrected chi connectivity index (χ0v) is 6.82. The van der Waals surface area contributed by atoms with Gasteiger partial charge in [-0.25, -0.2) is 4.98 Å². The Labute approximate surface area is 69.8 Å². The quantitative estimate of drug-likeness (QED) is 0.590. The van der Waals surface area contributed by atoms with Crippen molar-refractivity contribution in [2.45, 2.75) is 6.54 Å². The standard InChI is InChI=1S/C6H11N5O/c1-11(6(12)2-7)3-5-8-4-9-10-5/h4H,2-3,7H2,1H3,(H,8,9,10). The first-order valence-electron chi connectivity index (χ1n) is 3.52. The van der Waals surface area contributed by atoms with Crippen LogP contribution in [-0.4, -0.2) is 39.6 Å². The molecule has 66 valence electrons. The number of carbonyl (C=O) groups is 1. The molecule has 0 aliphatic heterocycles.